The van der Waals surface area contributed by atoms with Crippen LogP contribution >= 0.6 is 0 Å². The molecule has 3 rings (SSSR count). The fraction of sp³-hybridized carbons (Fsp3) is 0.500. The van der Waals surface area contributed by atoms with Crippen LogP contribution in [0.25, 0.3) is 11.0 Å². The number of hydrogen-bond donors (Lipinski definition) is 1. The number of imidazole rings is 1. The number of hydrogen-bond acceptors (Lipinski definition) is 4. The van der Waals surface area contributed by atoms with Crippen LogP contribution in [-0.4, -0.2) is 69.6 Å². The van der Waals surface area contributed by atoms with Crippen LogP contribution in [0.2, 0.25) is 0 Å². The molecule has 1 fully saturated rings. The van der Waals surface area contributed by atoms with Crippen molar-refractivity contribution in [2.75, 3.05) is 31.1 Å². The summed E-state index contributed by atoms with van der Waals surface area (Å²) in [7, 11) is 0. The maximum atomic E-state index is 12.1. The summed E-state index contributed by atoms with van der Waals surface area (Å²) < 4.78 is 6.69. The standard InChI is InChI=1S/C16H23AsN4O2/c1-16(2,3)23-15(22)21-8-6-20(7-9-21)14-18-12-5-4-11(17)10-13(12)19-14/h4-5,10H,6-9,17H2,1-3H3,(H,18,19). The van der Waals surface area contributed by atoms with E-state index < -0.39 is 5.60 Å². The van der Waals surface area contributed by atoms with E-state index in [0.29, 0.717) is 13.1 Å². The van der Waals surface area contributed by atoms with Gasteiger partial charge in [0.15, 0.2) is 0 Å². The van der Waals surface area contributed by atoms with Gasteiger partial charge < -0.3 is 0 Å². The van der Waals surface area contributed by atoms with Crippen molar-refractivity contribution >= 4 is 44.3 Å². The zero-order valence-electron chi connectivity index (χ0n) is 13.8. The third-order valence-electron chi connectivity index (χ3n) is 3.73. The molecule has 0 aliphatic carbocycles. The van der Waals surface area contributed by atoms with Gasteiger partial charge in [0, 0.05) is 0 Å². The first-order chi connectivity index (χ1) is 10.8. The molecule has 2 heterocycles. The van der Waals surface area contributed by atoms with Crippen molar-refractivity contribution in [1.82, 2.24) is 14.9 Å². The molecule has 1 aromatic carbocycles. The number of carbonyl (C=O) groups is 1. The molecule has 1 aromatic heterocycles. The molecule has 1 saturated heterocycles. The summed E-state index contributed by atoms with van der Waals surface area (Å²) in [5.41, 5.74) is 1.60. The number of anilines is 1. The van der Waals surface area contributed by atoms with Gasteiger partial charge in [-0.25, -0.2) is 0 Å². The number of ether oxygens (including phenoxy) is 1. The van der Waals surface area contributed by atoms with E-state index in [-0.39, 0.29) is 6.09 Å². The Kier molecular flexibility index (Phi) is 4.28. The fourth-order valence-electron chi connectivity index (χ4n) is 2.59. The average molecular weight is 378 g/mol. The monoisotopic (exact) mass is 378 g/mol. The number of piperazine rings is 1. The molecule has 6 nitrogen and oxygen atoms in total. The second-order valence-corrected chi connectivity index (χ2v) is 8.19. The van der Waals surface area contributed by atoms with Crippen LogP contribution in [0.1, 0.15) is 20.8 Å². The van der Waals surface area contributed by atoms with Gasteiger partial charge in [0.25, 0.3) is 0 Å². The van der Waals surface area contributed by atoms with Gasteiger partial charge in [-0.2, -0.15) is 0 Å². The van der Waals surface area contributed by atoms with Gasteiger partial charge >= 0.3 is 124 Å². The summed E-state index contributed by atoms with van der Waals surface area (Å²) in [6.07, 6.45) is -0.236. The van der Waals surface area contributed by atoms with Crippen LogP contribution in [0.5, 0.6) is 0 Å². The Bertz CT molecular complexity index is 714. The number of rotatable bonds is 1. The third kappa shape index (κ3) is 3.81. The third-order valence-corrected chi connectivity index (χ3v) is 4.48. The quantitative estimate of drug-likeness (QED) is 0.749. The minimum absolute atomic E-state index is 0.236. The number of nitrogens with zero attached hydrogens (tertiary/aromatic N) is 3. The van der Waals surface area contributed by atoms with Crippen LogP contribution in [0.4, 0.5) is 10.7 Å². The Labute approximate surface area is 144 Å². The first-order valence-corrected chi connectivity index (χ1v) is 9.01. The molecule has 1 N–H and O–H groups in total. The summed E-state index contributed by atoms with van der Waals surface area (Å²) in [4.78, 5) is 24.1. The molecule has 0 bridgehead atoms. The van der Waals surface area contributed by atoms with E-state index in [9.17, 15) is 4.79 Å². The van der Waals surface area contributed by atoms with Crippen LogP contribution < -0.4 is 9.25 Å². The molecule has 0 spiro atoms. The Hall–Kier alpha value is -1.68. The van der Waals surface area contributed by atoms with E-state index in [2.05, 4.69) is 33.1 Å². The van der Waals surface area contributed by atoms with Gasteiger partial charge in [-0.1, -0.05) is 0 Å². The number of amides is 1. The van der Waals surface area contributed by atoms with E-state index in [0.717, 1.165) is 30.1 Å². The zero-order chi connectivity index (χ0) is 16.6. The van der Waals surface area contributed by atoms with E-state index in [1.807, 2.05) is 20.8 Å². The van der Waals surface area contributed by atoms with E-state index >= 15 is 0 Å². The first-order valence-electron chi connectivity index (χ1n) is 7.80. The Morgan fingerprint density at radius 1 is 1.26 bits per heavy atom. The number of H-pyrrole nitrogens is 1. The molecule has 23 heavy (non-hydrogen) atoms. The van der Waals surface area contributed by atoms with Crippen molar-refractivity contribution in [2.24, 2.45) is 0 Å². The molecule has 1 amide bonds. The van der Waals surface area contributed by atoms with Gasteiger partial charge in [-0.3, -0.25) is 0 Å². The van der Waals surface area contributed by atoms with Gasteiger partial charge in [-0.05, 0) is 20.8 Å². The van der Waals surface area contributed by atoms with Gasteiger partial charge in [-0.15, -0.1) is 0 Å². The number of benzene rings is 1. The average Bonchev–Trinajstić information content (AvgIpc) is 2.88. The molecule has 1 aliphatic rings. The predicted octanol–water partition coefficient (Wildman–Crippen LogP) is 0.878. The van der Waals surface area contributed by atoms with Crippen molar-refractivity contribution in [3.05, 3.63) is 18.2 Å². The van der Waals surface area contributed by atoms with Crippen LogP contribution in [0.3, 0.4) is 0 Å². The van der Waals surface area contributed by atoms with Crippen molar-refractivity contribution in [3.63, 3.8) is 0 Å². The minimum atomic E-state index is -0.452. The van der Waals surface area contributed by atoms with Crippen molar-refractivity contribution in [2.45, 2.75) is 26.4 Å². The second kappa shape index (κ2) is 6.08. The number of nitrogens with one attached hydrogen (secondary N) is 1. The molecular weight excluding hydrogens is 355 g/mol. The summed E-state index contributed by atoms with van der Waals surface area (Å²) in [6, 6.07) is 6.27. The maximum absolute atomic E-state index is 12.1. The summed E-state index contributed by atoms with van der Waals surface area (Å²) >= 11 is 1.60. The van der Waals surface area contributed by atoms with Gasteiger partial charge in [0.2, 0.25) is 0 Å². The number of carbonyl (C=O) groups excluding carboxylic acids is 1. The van der Waals surface area contributed by atoms with E-state index in [1.165, 1.54) is 4.35 Å². The number of fused-ring (bicyclic) bond motifs is 1. The topological polar surface area (TPSA) is 61.5 Å². The number of aromatic amines is 1. The fourth-order valence-corrected chi connectivity index (χ4v) is 3.12. The van der Waals surface area contributed by atoms with Crippen LogP contribution in [0.15, 0.2) is 18.2 Å². The van der Waals surface area contributed by atoms with E-state index in [1.54, 1.807) is 21.8 Å². The molecule has 124 valence electrons. The summed E-state index contributed by atoms with van der Waals surface area (Å²) in [5.74, 6) is 0.877. The Balaban J connectivity index is 1.65. The van der Waals surface area contributed by atoms with Crippen molar-refractivity contribution in [3.8, 4) is 0 Å². The normalized spacial score (nSPS) is 16.0. The molecule has 1 aliphatic heterocycles. The molecular formula is C16H23AsN4O2. The SMILES string of the molecule is CC(C)(C)OC(=O)N1CCN(c2nc3cc([AsH2])ccc3[nH]2)CC1. The molecule has 1 unspecified atom stereocenters. The zero-order valence-corrected chi connectivity index (χ0v) is 16.2. The van der Waals surface area contributed by atoms with Gasteiger partial charge in [0.05, 0.1) is 0 Å². The number of aromatic nitrogens is 2. The predicted molar refractivity (Wildman–Crippen MR) is 94.3 cm³/mol. The van der Waals surface area contributed by atoms with Gasteiger partial charge in [0.1, 0.15) is 0 Å². The first kappa shape index (κ1) is 16.2. The molecule has 1 atom stereocenters. The van der Waals surface area contributed by atoms with Crippen LogP contribution in [-0.2, 0) is 4.74 Å². The molecule has 2 aromatic rings. The van der Waals surface area contributed by atoms with Crippen LogP contribution in [0, 0.1) is 0 Å². The molecule has 0 saturated carbocycles. The summed E-state index contributed by atoms with van der Waals surface area (Å²) in [5, 5.41) is 0. The molecule has 0 radical (unpaired) electrons. The van der Waals surface area contributed by atoms with Crippen molar-refractivity contribution in [1.29, 1.82) is 0 Å². The molecule has 7 heteroatoms. The summed E-state index contributed by atoms with van der Waals surface area (Å²) in [6.45, 7) is 8.46. The second-order valence-electron chi connectivity index (χ2n) is 6.79. The Morgan fingerprint density at radius 2 is 1.96 bits per heavy atom. The van der Waals surface area contributed by atoms with E-state index in [4.69, 9.17) is 4.74 Å². The Morgan fingerprint density at radius 3 is 2.61 bits per heavy atom. The van der Waals surface area contributed by atoms with Crippen molar-refractivity contribution < 1.29 is 9.53 Å².